The molecule has 0 bridgehead atoms. The molecule has 170 valence electrons. The van der Waals surface area contributed by atoms with Gasteiger partial charge in [0.1, 0.15) is 23.2 Å². The molecule has 0 atom stereocenters. The number of ketones is 1. The Bertz CT molecular complexity index is 1320. The molecule has 0 unspecified atom stereocenters. The van der Waals surface area contributed by atoms with Crippen LogP contribution in [0.1, 0.15) is 42.9 Å². The second-order valence-electron chi connectivity index (χ2n) is 8.89. The molecule has 7 heteroatoms. The van der Waals surface area contributed by atoms with E-state index in [1.165, 1.54) is 18.2 Å². The number of hydrogen-bond donors (Lipinski definition) is 1. The molecule has 0 spiro atoms. The molecule has 5 rings (SSSR count). The van der Waals surface area contributed by atoms with Gasteiger partial charge in [-0.3, -0.25) is 9.48 Å². The van der Waals surface area contributed by atoms with E-state index in [4.69, 9.17) is 0 Å². The van der Waals surface area contributed by atoms with Gasteiger partial charge in [-0.25, -0.2) is 13.2 Å². The molecule has 4 nitrogen and oxygen atoms in total. The number of H-pyrrole nitrogens is 1. The zero-order chi connectivity index (χ0) is 23.1. The van der Waals surface area contributed by atoms with Gasteiger partial charge in [-0.1, -0.05) is 0 Å². The molecule has 33 heavy (non-hydrogen) atoms. The maximum atomic E-state index is 14.5. The molecule has 0 saturated heterocycles. The zero-order valence-electron chi connectivity index (χ0n) is 18.2. The Morgan fingerprint density at radius 1 is 1.09 bits per heavy atom. The number of carbonyl (C=O) groups excluding carboxylic acids is 1. The van der Waals surface area contributed by atoms with Gasteiger partial charge in [0.25, 0.3) is 0 Å². The summed E-state index contributed by atoms with van der Waals surface area (Å²) in [6, 6.07) is 10.0. The van der Waals surface area contributed by atoms with Crippen LogP contribution in [0.3, 0.4) is 0 Å². The Labute approximate surface area is 189 Å². The molecule has 0 radical (unpaired) electrons. The minimum atomic E-state index is -0.666. The average Bonchev–Trinajstić information content (AvgIpc) is 3.32. The van der Waals surface area contributed by atoms with Gasteiger partial charge in [-0.15, -0.1) is 0 Å². The summed E-state index contributed by atoms with van der Waals surface area (Å²) in [4.78, 5) is 15.8. The van der Waals surface area contributed by atoms with Crippen LogP contribution in [0, 0.1) is 30.3 Å². The average molecular weight is 451 g/mol. The van der Waals surface area contributed by atoms with Crippen molar-refractivity contribution in [1.82, 2.24) is 14.8 Å². The van der Waals surface area contributed by atoms with Crippen LogP contribution in [0.4, 0.5) is 13.2 Å². The lowest BCUT2D eigenvalue weighted by Gasteiger charge is -2.35. The molecule has 2 aromatic carbocycles. The van der Waals surface area contributed by atoms with Crippen molar-refractivity contribution < 1.29 is 18.0 Å². The molecule has 1 aliphatic carbocycles. The number of nitrogens with zero attached hydrogens (tertiary/aromatic N) is 2. The van der Waals surface area contributed by atoms with Crippen LogP contribution in [-0.4, -0.2) is 20.5 Å². The summed E-state index contributed by atoms with van der Waals surface area (Å²) in [5, 5.41) is 4.82. The fourth-order valence-corrected chi connectivity index (χ4v) is 4.83. The van der Waals surface area contributed by atoms with Crippen molar-refractivity contribution in [1.29, 1.82) is 0 Å². The summed E-state index contributed by atoms with van der Waals surface area (Å²) < 4.78 is 43.8. The predicted octanol–water partition coefficient (Wildman–Crippen LogP) is 6.30. The molecule has 1 fully saturated rings. The lowest BCUT2D eigenvalue weighted by molar-refractivity contribution is -0.125. The van der Waals surface area contributed by atoms with E-state index < -0.39 is 11.6 Å². The highest BCUT2D eigenvalue weighted by Gasteiger charge is 2.38. The second kappa shape index (κ2) is 8.54. The quantitative estimate of drug-likeness (QED) is 0.358. The Balaban J connectivity index is 1.35. The third-order valence-corrected chi connectivity index (χ3v) is 6.58. The van der Waals surface area contributed by atoms with Gasteiger partial charge in [-0.2, -0.15) is 5.10 Å². The van der Waals surface area contributed by atoms with Crippen molar-refractivity contribution in [3.8, 4) is 11.3 Å². The van der Waals surface area contributed by atoms with E-state index in [0.717, 1.165) is 23.7 Å². The monoisotopic (exact) mass is 451 g/mol. The van der Waals surface area contributed by atoms with Crippen LogP contribution in [0.2, 0.25) is 0 Å². The van der Waals surface area contributed by atoms with Crippen LogP contribution in [-0.2, 0) is 11.3 Å². The minimum absolute atomic E-state index is 0.00252. The first-order valence-corrected chi connectivity index (χ1v) is 11.2. The lowest BCUT2D eigenvalue weighted by Crippen LogP contribution is -2.29. The van der Waals surface area contributed by atoms with E-state index in [0.29, 0.717) is 42.5 Å². The van der Waals surface area contributed by atoms with Gasteiger partial charge in [0, 0.05) is 36.5 Å². The van der Waals surface area contributed by atoms with Gasteiger partial charge in [-0.05, 0) is 79.6 Å². The number of fused-ring (bicyclic) bond motifs is 1. The van der Waals surface area contributed by atoms with E-state index in [2.05, 4.69) is 10.1 Å². The number of aromatic nitrogens is 3. The summed E-state index contributed by atoms with van der Waals surface area (Å²) in [6.45, 7) is 2.63. The summed E-state index contributed by atoms with van der Waals surface area (Å²) in [6.07, 6.45) is 4.40. The van der Waals surface area contributed by atoms with E-state index in [9.17, 15) is 18.0 Å². The van der Waals surface area contributed by atoms with Crippen molar-refractivity contribution >= 4 is 16.7 Å². The van der Waals surface area contributed by atoms with Gasteiger partial charge >= 0.3 is 0 Å². The van der Waals surface area contributed by atoms with E-state index >= 15 is 0 Å². The fraction of sp³-hybridized carbons (Fsp3) is 0.308. The molecular weight excluding hydrogens is 427 g/mol. The Morgan fingerprint density at radius 3 is 2.55 bits per heavy atom. The summed E-state index contributed by atoms with van der Waals surface area (Å²) >= 11 is 0. The van der Waals surface area contributed by atoms with Crippen LogP contribution in [0.15, 0.2) is 48.7 Å². The lowest BCUT2D eigenvalue weighted by atomic mass is 9.68. The fourth-order valence-electron chi connectivity index (χ4n) is 4.83. The van der Waals surface area contributed by atoms with Crippen molar-refractivity contribution in [3.63, 3.8) is 0 Å². The molecule has 2 aromatic heterocycles. The summed E-state index contributed by atoms with van der Waals surface area (Å²) in [5.74, 6) is -1.52. The van der Waals surface area contributed by atoms with E-state index in [1.807, 2.05) is 23.9 Å². The van der Waals surface area contributed by atoms with Crippen molar-refractivity contribution in [2.45, 2.75) is 45.1 Å². The van der Waals surface area contributed by atoms with Crippen LogP contribution >= 0.6 is 0 Å². The number of nitrogens with one attached hydrogen (secondary N) is 1. The predicted molar refractivity (Wildman–Crippen MR) is 120 cm³/mol. The molecule has 1 aliphatic rings. The number of benzene rings is 2. The van der Waals surface area contributed by atoms with E-state index in [-0.39, 0.29) is 29.0 Å². The Kier molecular flexibility index (Phi) is 5.56. The highest BCUT2D eigenvalue weighted by atomic mass is 19.1. The minimum Gasteiger partial charge on any atom is -0.352 e. The zero-order valence-corrected chi connectivity index (χ0v) is 18.2. The standard InChI is InChI=1S/C26H24F3N3O/c1-15-8-10-32(31-15)9-2-3-23(33)17-11-18(12-17)24-21-13-20(28)14-22(29)26(21)30-25(24)16-4-6-19(27)7-5-16/h4-8,10,13-14,17-18,30H,2-3,9,11-12H2,1H3. The SMILES string of the molecule is Cc1ccn(CCCC(=O)C2CC(c3c(-c4ccc(F)cc4)[nH]c4c(F)cc(F)cc34)C2)n1. The van der Waals surface area contributed by atoms with Crippen molar-refractivity contribution in [2.24, 2.45) is 5.92 Å². The molecule has 4 aromatic rings. The van der Waals surface area contributed by atoms with Crippen LogP contribution in [0.5, 0.6) is 0 Å². The Hall–Kier alpha value is -3.35. The van der Waals surface area contributed by atoms with Crippen molar-refractivity contribution in [3.05, 3.63) is 77.4 Å². The third-order valence-electron chi connectivity index (χ3n) is 6.58. The van der Waals surface area contributed by atoms with Gasteiger partial charge in [0.15, 0.2) is 0 Å². The largest absolute Gasteiger partial charge is 0.352 e. The number of rotatable bonds is 7. The van der Waals surface area contributed by atoms with E-state index in [1.54, 1.807) is 12.1 Å². The first-order chi connectivity index (χ1) is 15.9. The summed E-state index contributed by atoms with van der Waals surface area (Å²) in [7, 11) is 0. The summed E-state index contributed by atoms with van der Waals surface area (Å²) in [5.41, 5.74) is 3.33. The maximum Gasteiger partial charge on any atom is 0.150 e. The van der Waals surface area contributed by atoms with Gasteiger partial charge in [0.2, 0.25) is 0 Å². The third kappa shape index (κ3) is 4.19. The van der Waals surface area contributed by atoms with Crippen LogP contribution < -0.4 is 0 Å². The smallest absolute Gasteiger partial charge is 0.150 e. The normalized spacial score (nSPS) is 17.9. The molecule has 0 aliphatic heterocycles. The molecule has 1 saturated carbocycles. The number of aryl methyl sites for hydroxylation is 2. The molecule has 0 amide bonds. The number of halogens is 3. The van der Waals surface area contributed by atoms with Crippen molar-refractivity contribution in [2.75, 3.05) is 0 Å². The Morgan fingerprint density at radius 2 is 1.85 bits per heavy atom. The number of aromatic amines is 1. The number of carbonyl (C=O) groups is 1. The van der Waals surface area contributed by atoms with Crippen LogP contribution in [0.25, 0.3) is 22.2 Å². The van der Waals surface area contributed by atoms with Gasteiger partial charge < -0.3 is 4.98 Å². The second-order valence-corrected chi connectivity index (χ2v) is 8.89. The molecular formula is C26H24F3N3O. The highest BCUT2D eigenvalue weighted by molar-refractivity contribution is 5.92. The maximum absolute atomic E-state index is 14.5. The number of hydrogen-bond acceptors (Lipinski definition) is 2. The molecule has 2 heterocycles. The first kappa shape index (κ1) is 21.5. The molecule has 1 N–H and O–H groups in total. The highest BCUT2D eigenvalue weighted by Crippen LogP contribution is 2.49. The topological polar surface area (TPSA) is 50.7 Å². The van der Waals surface area contributed by atoms with Gasteiger partial charge in [0.05, 0.1) is 16.9 Å². The number of Topliss-reactive ketones (excluding diaryl/α,β-unsaturated/α-hetero) is 1. The first-order valence-electron chi connectivity index (χ1n) is 11.2.